The summed E-state index contributed by atoms with van der Waals surface area (Å²) in [5.74, 6) is -1.08. The van der Waals surface area contributed by atoms with Crippen molar-refractivity contribution in [3.8, 4) is 5.69 Å². The van der Waals surface area contributed by atoms with Gasteiger partial charge in [-0.2, -0.15) is 0 Å². The lowest BCUT2D eigenvalue weighted by molar-refractivity contribution is 0.0690. The maximum atomic E-state index is 10.6. The summed E-state index contributed by atoms with van der Waals surface area (Å²) in [6.07, 6.45) is 1.38. The van der Waals surface area contributed by atoms with Gasteiger partial charge < -0.3 is 5.11 Å². The van der Waals surface area contributed by atoms with Gasteiger partial charge in [0.25, 0.3) is 0 Å². The number of benzene rings is 1. The van der Waals surface area contributed by atoms with E-state index in [1.807, 2.05) is 24.3 Å². The summed E-state index contributed by atoms with van der Waals surface area (Å²) in [5, 5.41) is 15.9. The number of carboxylic acid groups (broad SMARTS) is 1. The third-order valence-electron chi connectivity index (χ3n) is 1.79. The first-order chi connectivity index (χ1) is 7.16. The average molecular weight is 315 g/mol. The van der Waals surface area contributed by atoms with Gasteiger partial charge in [-0.1, -0.05) is 11.3 Å². The zero-order valence-electron chi connectivity index (χ0n) is 7.46. The molecule has 1 aromatic carbocycles. The van der Waals surface area contributed by atoms with Crippen LogP contribution in [0.1, 0.15) is 10.5 Å². The smallest absolute Gasteiger partial charge is 0.358 e. The first-order valence-corrected chi connectivity index (χ1v) is 5.16. The number of rotatable bonds is 2. The summed E-state index contributed by atoms with van der Waals surface area (Å²) in [7, 11) is 0. The molecular weight excluding hydrogens is 309 g/mol. The van der Waals surface area contributed by atoms with Crippen molar-refractivity contribution in [3.05, 3.63) is 39.7 Å². The Kier molecular flexibility index (Phi) is 2.67. The van der Waals surface area contributed by atoms with Gasteiger partial charge >= 0.3 is 5.97 Å². The van der Waals surface area contributed by atoms with Crippen molar-refractivity contribution >= 4 is 28.6 Å². The Balaban J connectivity index is 2.41. The Morgan fingerprint density at radius 1 is 1.47 bits per heavy atom. The molecule has 0 fully saturated rings. The highest BCUT2D eigenvalue weighted by Crippen LogP contribution is 2.11. The van der Waals surface area contributed by atoms with Crippen LogP contribution in [-0.2, 0) is 0 Å². The van der Waals surface area contributed by atoms with Crippen LogP contribution in [0.4, 0.5) is 0 Å². The first kappa shape index (κ1) is 10.1. The van der Waals surface area contributed by atoms with E-state index in [1.165, 1.54) is 10.9 Å². The lowest BCUT2D eigenvalue weighted by Gasteiger charge is -1.99. The van der Waals surface area contributed by atoms with E-state index in [4.69, 9.17) is 5.11 Å². The van der Waals surface area contributed by atoms with Crippen LogP contribution in [0.3, 0.4) is 0 Å². The Morgan fingerprint density at radius 2 is 2.27 bits per heavy atom. The van der Waals surface area contributed by atoms with Gasteiger partial charge in [-0.05, 0) is 40.8 Å². The lowest BCUT2D eigenvalue weighted by atomic mass is 10.3. The van der Waals surface area contributed by atoms with Gasteiger partial charge in [0.2, 0.25) is 0 Å². The van der Waals surface area contributed by atoms with Crippen LogP contribution in [0.2, 0.25) is 0 Å². The average Bonchev–Trinajstić information content (AvgIpc) is 2.66. The van der Waals surface area contributed by atoms with Crippen LogP contribution >= 0.6 is 22.6 Å². The zero-order valence-corrected chi connectivity index (χ0v) is 9.62. The third kappa shape index (κ3) is 2.14. The number of carboxylic acids is 1. The molecule has 15 heavy (non-hydrogen) atoms. The van der Waals surface area contributed by atoms with Crippen molar-refractivity contribution in [3.63, 3.8) is 0 Å². The van der Waals surface area contributed by atoms with Crippen molar-refractivity contribution in [2.24, 2.45) is 0 Å². The van der Waals surface area contributed by atoms with Crippen LogP contribution in [0.15, 0.2) is 30.5 Å². The molecule has 1 N–H and O–H groups in total. The maximum Gasteiger partial charge on any atom is 0.358 e. The molecule has 0 amide bonds. The zero-order chi connectivity index (χ0) is 10.8. The molecule has 0 saturated heterocycles. The lowest BCUT2D eigenvalue weighted by Crippen LogP contribution is -1.96. The molecule has 1 heterocycles. The quantitative estimate of drug-likeness (QED) is 0.854. The number of hydrogen-bond acceptors (Lipinski definition) is 3. The third-order valence-corrected chi connectivity index (χ3v) is 2.46. The molecule has 6 heteroatoms. The fourth-order valence-electron chi connectivity index (χ4n) is 1.11. The summed E-state index contributed by atoms with van der Waals surface area (Å²) in [5.41, 5.74) is 0.732. The SMILES string of the molecule is O=C(O)c1cn(-c2cccc(I)c2)nn1. The van der Waals surface area contributed by atoms with E-state index in [0.717, 1.165) is 9.26 Å². The molecule has 5 nitrogen and oxygen atoms in total. The molecule has 0 radical (unpaired) electrons. The molecule has 0 unspecified atom stereocenters. The highest BCUT2D eigenvalue weighted by molar-refractivity contribution is 14.1. The van der Waals surface area contributed by atoms with E-state index in [1.54, 1.807) is 0 Å². The molecule has 0 aliphatic heterocycles. The number of nitrogens with zero attached hydrogens (tertiary/aromatic N) is 3. The minimum atomic E-state index is -1.08. The van der Waals surface area contributed by atoms with E-state index in [-0.39, 0.29) is 5.69 Å². The van der Waals surface area contributed by atoms with Crippen molar-refractivity contribution in [2.75, 3.05) is 0 Å². The van der Waals surface area contributed by atoms with Crippen molar-refractivity contribution in [2.45, 2.75) is 0 Å². The largest absolute Gasteiger partial charge is 0.476 e. The molecule has 0 aliphatic carbocycles. The fourth-order valence-corrected chi connectivity index (χ4v) is 1.63. The molecular formula is C9H6IN3O2. The predicted octanol–water partition coefficient (Wildman–Crippen LogP) is 1.57. The second-order valence-electron chi connectivity index (χ2n) is 2.83. The van der Waals surface area contributed by atoms with Gasteiger partial charge in [-0.15, -0.1) is 5.10 Å². The van der Waals surface area contributed by atoms with Crippen LogP contribution in [0.5, 0.6) is 0 Å². The highest BCUT2D eigenvalue weighted by Gasteiger charge is 2.08. The normalized spacial score (nSPS) is 10.2. The highest BCUT2D eigenvalue weighted by atomic mass is 127. The molecule has 0 aliphatic rings. The molecule has 0 bridgehead atoms. The molecule has 1 aromatic heterocycles. The van der Waals surface area contributed by atoms with E-state index < -0.39 is 5.97 Å². The topological polar surface area (TPSA) is 68.0 Å². The van der Waals surface area contributed by atoms with Crippen molar-refractivity contribution in [1.82, 2.24) is 15.0 Å². The van der Waals surface area contributed by atoms with E-state index in [0.29, 0.717) is 0 Å². The van der Waals surface area contributed by atoms with E-state index in [9.17, 15) is 4.79 Å². The predicted molar refractivity (Wildman–Crippen MR) is 61.0 cm³/mol. The Bertz CT molecular complexity index is 510. The van der Waals surface area contributed by atoms with Crippen LogP contribution in [0, 0.1) is 3.57 Å². The van der Waals surface area contributed by atoms with Gasteiger partial charge in [0.15, 0.2) is 5.69 Å². The Hall–Kier alpha value is -1.44. The number of hydrogen-bond donors (Lipinski definition) is 1. The minimum absolute atomic E-state index is 0.0612. The van der Waals surface area contributed by atoms with E-state index >= 15 is 0 Å². The molecule has 76 valence electrons. The standard InChI is InChI=1S/C9H6IN3O2/c10-6-2-1-3-7(4-6)13-5-8(9(14)15)11-12-13/h1-5H,(H,14,15). The van der Waals surface area contributed by atoms with Gasteiger partial charge in [0.1, 0.15) is 0 Å². The number of aromatic nitrogens is 3. The Labute approximate surface area is 98.9 Å². The summed E-state index contributed by atoms with van der Waals surface area (Å²) in [6, 6.07) is 7.54. The molecule has 0 saturated carbocycles. The number of halogens is 1. The maximum absolute atomic E-state index is 10.6. The van der Waals surface area contributed by atoms with Gasteiger partial charge in [-0.3, -0.25) is 0 Å². The molecule has 2 aromatic rings. The number of carbonyl (C=O) groups is 1. The first-order valence-electron chi connectivity index (χ1n) is 4.08. The van der Waals surface area contributed by atoms with E-state index in [2.05, 4.69) is 32.9 Å². The van der Waals surface area contributed by atoms with Crippen LogP contribution in [-0.4, -0.2) is 26.1 Å². The molecule has 2 rings (SSSR count). The monoisotopic (exact) mass is 315 g/mol. The summed E-state index contributed by atoms with van der Waals surface area (Å²) >= 11 is 2.17. The summed E-state index contributed by atoms with van der Waals surface area (Å²) in [6.45, 7) is 0. The van der Waals surface area contributed by atoms with Gasteiger partial charge in [-0.25, -0.2) is 9.48 Å². The van der Waals surface area contributed by atoms with Gasteiger partial charge in [0, 0.05) is 3.57 Å². The van der Waals surface area contributed by atoms with Crippen LogP contribution < -0.4 is 0 Å². The van der Waals surface area contributed by atoms with Crippen LogP contribution in [0.25, 0.3) is 5.69 Å². The van der Waals surface area contributed by atoms with Crippen molar-refractivity contribution in [1.29, 1.82) is 0 Å². The number of aromatic carboxylic acids is 1. The molecule has 0 atom stereocenters. The van der Waals surface area contributed by atoms with Crippen molar-refractivity contribution < 1.29 is 9.90 Å². The minimum Gasteiger partial charge on any atom is -0.476 e. The fraction of sp³-hybridized carbons (Fsp3) is 0. The Morgan fingerprint density at radius 3 is 2.87 bits per heavy atom. The second kappa shape index (κ2) is 3.97. The van der Waals surface area contributed by atoms with Gasteiger partial charge in [0.05, 0.1) is 11.9 Å². The summed E-state index contributed by atoms with van der Waals surface area (Å²) < 4.78 is 2.49. The summed E-state index contributed by atoms with van der Waals surface area (Å²) in [4.78, 5) is 10.6. The molecule has 0 spiro atoms. The second-order valence-corrected chi connectivity index (χ2v) is 4.08.